The summed E-state index contributed by atoms with van der Waals surface area (Å²) in [4.78, 5) is 0. The summed E-state index contributed by atoms with van der Waals surface area (Å²) in [5, 5.41) is 8.42. The molecule has 0 aliphatic rings. The van der Waals surface area contributed by atoms with Crippen LogP contribution in [0.25, 0.3) is 116 Å². The third kappa shape index (κ3) is 4.79. The second-order valence-electron chi connectivity index (χ2n) is 15.7. The molecule has 0 atom stereocenters. The Kier molecular flexibility index (Phi) is 6.98. The Labute approximate surface area is 345 Å². The van der Waals surface area contributed by atoms with Gasteiger partial charge in [0.15, 0.2) is 0 Å². The maximum atomic E-state index is 6.75. The van der Waals surface area contributed by atoms with Crippen molar-refractivity contribution in [3.05, 3.63) is 212 Å². The zero-order valence-corrected chi connectivity index (χ0v) is 32.5. The number of hydrogen-bond acceptors (Lipinski definition) is 1. The van der Waals surface area contributed by atoms with Crippen molar-refractivity contribution in [1.82, 2.24) is 13.7 Å². The van der Waals surface area contributed by atoms with Crippen molar-refractivity contribution in [3.63, 3.8) is 0 Å². The van der Waals surface area contributed by atoms with Crippen molar-refractivity contribution in [2.45, 2.75) is 0 Å². The van der Waals surface area contributed by atoms with Crippen LogP contribution in [0.2, 0.25) is 0 Å². The van der Waals surface area contributed by atoms with Crippen LogP contribution in [0.1, 0.15) is 0 Å². The number of fused-ring (bicyclic) bond motifs is 11. The number of furan rings is 1. The van der Waals surface area contributed by atoms with Crippen LogP contribution >= 0.6 is 0 Å². The van der Waals surface area contributed by atoms with E-state index in [0.29, 0.717) is 0 Å². The van der Waals surface area contributed by atoms with E-state index in [-0.39, 0.29) is 0 Å². The maximum absolute atomic E-state index is 6.75. The summed E-state index contributed by atoms with van der Waals surface area (Å²) in [6.07, 6.45) is 0. The van der Waals surface area contributed by atoms with E-state index in [2.05, 4.69) is 226 Å². The van der Waals surface area contributed by atoms with E-state index in [0.717, 1.165) is 55.8 Å². The highest BCUT2D eigenvalue weighted by molar-refractivity contribution is 6.20. The Morgan fingerprint density at radius 1 is 0.267 bits per heavy atom. The predicted molar refractivity (Wildman–Crippen MR) is 250 cm³/mol. The summed E-state index contributed by atoms with van der Waals surface area (Å²) in [7, 11) is 0. The third-order valence-electron chi connectivity index (χ3n) is 12.5. The van der Waals surface area contributed by atoms with Crippen molar-refractivity contribution in [2.24, 2.45) is 0 Å². The summed E-state index contributed by atoms with van der Waals surface area (Å²) < 4.78 is 13.8. The second-order valence-corrected chi connectivity index (χ2v) is 15.7. The maximum Gasteiger partial charge on any atom is 0.213 e. The molecule has 4 aromatic heterocycles. The molecular formula is C56H35N3O. The largest absolute Gasteiger partial charge is 0.439 e. The first kappa shape index (κ1) is 32.9. The van der Waals surface area contributed by atoms with Gasteiger partial charge in [-0.15, -0.1) is 0 Å². The van der Waals surface area contributed by atoms with E-state index in [1.54, 1.807) is 0 Å². The number of aromatic nitrogens is 3. The molecule has 13 rings (SSSR count). The van der Waals surface area contributed by atoms with Crippen LogP contribution in [-0.2, 0) is 0 Å². The lowest BCUT2D eigenvalue weighted by Gasteiger charge is -2.11. The lowest BCUT2D eigenvalue weighted by atomic mass is 10.0. The van der Waals surface area contributed by atoms with Gasteiger partial charge in [-0.2, -0.15) is 0 Å². The molecule has 13 aromatic rings. The fourth-order valence-corrected chi connectivity index (χ4v) is 9.75. The number of para-hydroxylation sites is 4. The van der Waals surface area contributed by atoms with Crippen LogP contribution < -0.4 is 0 Å². The molecule has 0 aliphatic carbocycles. The second kappa shape index (κ2) is 12.7. The first-order valence-electron chi connectivity index (χ1n) is 20.5. The summed E-state index contributed by atoms with van der Waals surface area (Å²) in [5.74, 6) is 0. The normalized spacial score (nSPS) is 12.0. The van der Waals surface area contributed by atoms with E-state index < -0.39 is 0 Å². The third-order valence-corrected chi connectivity index (χ3v) is 12.5. The zero-order valence-electron chi connectivity index (χ0n) is 32.5. The Morgan fingerprint density at radius 3 is 1.45 bits per heavy atom. The lowest BCUT2D eigenvalue weighted by Crippen LogP contribution is -1.96. The molecule has 4 heterocycles. The van der Waals surface area contributed by atoms with Gasteiger partial charge < -0.3 is 13.6 Å². The van der Waals surface area contributed by atoms with Crippen molar-refractivity contribution in [1.29, 1.82) is 0 Å². The van der Waals surface area contributed by atoms with Crippen molar-refractivity contribution >= 4 is 76.6 Å². The van der Waals surface area contributed by atoms with Gasteiger partial charge in [0.1, 0.15) is 5.58 Å². The average Bonchev–Trinajstić information content (AvgIpc) is 4.05. The molecule has 0 fully saturated rings. The molecule has 0 amide bonds. The van der Waals surface area contributed by atoms with Gasteiger partial charge in [0, 0.05) is 49.4 Å². The van der Waals surface area contributed by atoms with Gasteiger partial charge in [0.2, 0.25) is 5.71 Å². The summed E-state index contributed by atoms with van der Waals surface area (Å²) in [5.41, 5.74) is 15.7. The van der Waals surface area contributed by atoms with Gasteiger partial charge in [-0.05, 0) is 107 Å². The van der Waals surface area contributed by atoms with E-state index in [9.17, 15) is 0 Å². The van der Waals surface area contributed by atoms with Crippen LogP contribution in [0, 0.1) is 0 Å². The Bertz CT molecular complexity index is 3750. The van der Waals surface area contributed by atoms with Gasteiger partial charge in [0.05, 0.1) is 33.0 Å². The molecule has 0 bridgehead atoms. The Morgan fingerprint density at radius 2 is 0.733 bits per heavy atom. The van der Waals surface area contributed by atoms with Crippen molar-refractivity contribution in [2.75, 3.05) is 0 Å². The molecule has 0 saturated carbocycles. The minimum atomic E-state index is 0.869. The molecule has 0 N–H and O–H groups in total. The van der Waals surface area contributed by atoms with Crippen LogP contribution in [0.4, 0.5) is 0 Å². The lowest BCUT2D eigenvalue weighted by molar-refractivity contribution is 0.645. The van der Waals surface area contributed by atoms with Gasteiger partial charge in [-0.25, -0.2) is 0 Å². The smallest absolute Gasteiger partial charge is 0.213 e. The molecule has 0 saturated heterocycles. The fourth-order valence-electron chi connectivity index (χ4n) is 9.75. The highest BCUT2D eigenvalue weighted by Gasteiger charge is 2.21. The zero-order chi connectivity index (χ0) is 39.3. The van der Waals surface area contributed by atoms with E-state index in [1.807, 2.05) is 0 Å². The van der Waals surface area contributed by atoms with Crippen molar-refractivity contribution in [3.8, 4) is 39.3 Å². The number of nitrogens with zero attached hydrogens (tertiary/aromatic N) is 3. The van der Waals surface area contributed by atoms with E-state index in [1.165, 1.54) is 60.1 Å². The molecule has 0 spiro atoms. The fraction of sp³-hybridized carbons (Fsp3) is 0. The topological polar surface area (TPSA) is 27.9 Å². The van der Waals surface area contributed by atoms with Gasteiger partial charge in [-0.3, -0.25) is 4.57 Å². The number of hydrogen-bond donors (Lipinski definition) is 0. The van der Waals surface area contributed by atoms with Crippen LogP contribution in [-0.4, -0.2) is 13.7 Å². The molecular weight excluding hydrogens is 731 g/mol. The van der Waals surface area contributed by atoms with Crippen LogP contribution in [0.3, 0.4) is 0 Å². The minimum absolute atomic E-state index is 0.869. The molecule has 0 unspecified atom stereocenters. The van der Waals surface area contributed by atoms with Crippen LogP contribution in [0.5, 0.6) is 0 Å². The van der Waals surface area contributed by atoms with Gasteiger partial charge in [0.25, 0.3) is 0 Å². The molecule has 0 aliphatic heterocycles. The highest BCUT2D eigenvalue weighted by Crippen LogP contribution is 2.42. The summed E-state index contributed by atoms with van der Waals surface area (Å²) in [6, 6.07) is 76.6. The first-order chi connectivity index (χ1) is 29.8. The SMILES string of the molecule is c1ccc(-c2ccc3c(c2)c2cc(-n4c5ccccc5c5ccccc54)ccc2n3-c2ccc(-c3ccc4c(c3)oc3c4c4ccccc4n3-c3ccccc3)cc2)cc1. The van der Waals surface area contributed by atoms with Gasteiger partial charge >= 0.3 is 0 Å². The molecule has 60 heavy (non-hydrogen) atoms. The molecule has 9 aromatic carbocycles. The monoisotopic (exact) mass is 765 g/mol. The molecule has 4 nitrogen and oxygen atoms in total. The van der Waals surface area contributed by atoms with E-state index in [4.69, 9.17) is 4.42 Å². The molecule has 280 valence electrons. The molecule has 4 heteroatoms. The van der Waals surface area contributed by atoms with Crippen molar-refractivity contribution < 1.29 is 4.42 Å². The Hall–Kier alpha value is -8.08. The standard InChI is InChI=1S/C56H35N3O/c1-3-13-36(14-4-1)38-26-31-52-47(33-38)48-35-42(58-49-20-10-7-17-43(49)44-18-8-11-21-50(44)58)29-32-53(48)57(52)41-27-23-37(24-28-41)39-25-30-46-54(34-39)60-56-55(46)45-19-9-12-22-51(45)59(56)40-15-5-2-6-16-40/h1-35H. The molecule has 0 radical (unpaired) electrons. The number of rotatable bonds is 5. The average molecular weight is 766 g/mol. The Balaban J connectivity index is 0.956. The van der Waals surface area contributed by atoms with E-state index >= 15 is 0 Å². The predicted octanol–water partition coefficient (Wildman–Crippen LogP) is 15.1. The van der Waals surface area contributed by atoms with Crippen LogP contribution in [0.15, 0.2) is 217 Å². The van der Waals surface area contributed by atoms with Gasteiger partial charge in [-0.1, -0.05) is 127 Å². The minimum Gasteiger partial charge on any atom is -0.439 e. The summed E-state index contributed by atoms with van der Waals surface area (Å²) >= 11 is 0. The number of benzene rings is 9. The quantitative estimate of drug-likeness (QED) is 0.171. The summed E-state index contributed by atoms with van der Waals surface area (Å²) in [6.45, 7) is 0. The highest BCUT2D eigenvalue weighted by atomic mass is 16.3. The first-order valence-corrected chi connectivity index (χ1v) is 20.5.